The van der Waals surface area contributed by atoms with E-state index in [0.717, 1.165) is 5.56 Å². The SMILES string of the molecule is Cc1cccc(/C=C\C(=O)c2cnn(C)c2)c1. The number of allylic oxidation sites excluding steroid dienone is 1. The predicted molar refractivity (Wildman–Crippen MR) is 67.8 cm³/mol. The topological polar surface area (TPSA) is 34.9 Å². The zero-order valence-electron chi connectivity index (χ0n) is 9.92. The van der Waals surface area contributed by atoms with Crippen LogP contribution in [0.25, 0.3) is 6.08 Å². The van der Waals surface area contributed by atoms with E-state index in [0.29, 0.717) is 5.56 Å². The lowest BCUT2D eigenvalue weighted by molar-refractivity contribution is 0.104. The van der Waals surface area contributed by atoms with Crippen molar-refractivity contribution in [2.75, 3.05) is 0 Å². The Morgan fingerprint density at radius 1 is 1.41 bits per heavy atom. The molecule has 0 radical (unpaired) electrons. The van der Waals surface area contributed by atoms with E-state index in [4.69, 9.17) is 0 Å². The van der Waals surface area contributed by atoms with Gasteiger partial charge in [0, 0.05) is 13.2 Å². The van der Waals surface area contributed by atoms with E-state index in [9.17, 15) is 4.79 Å². The van der Waals surface area contributed by atoms with E-state index in [2.05, 4.69) is 5.10 Å². The van der Waals surface area contributed by atoms with E-state index >= 15 is 0 Å². The lowest BCUT2D eigenvalue weighted by atomic mass is 10.1. The zero-order chi connectivity index (χ0) is 12.3. The summed E-state index contributed by atoms with van der Waals surface area (Å²) < 4.78 is 1.62. The third kappa shape index (κ3) is 2.91. The molecular formula is C14H14N2O. The van der Waals surface area contributed by atoms with Crippen molar-refractivity contribution in [3.63, 3.8) is 0 Å². The van der Waals surface area contributed by atoms with E-state index in [1.165, 1.54) is 5.56 Å². The minimum absolute atomic E-state index is 0.0281. The fourth-order valence-electron chi connectivity index (χ4n) is 1.59. The quantitative estimate of drug-likeness (QED) is 0.595. The highest BCUT2D eigenvalue weighted by Crippen LogP contribution is 2.07. The molecule has 17 heavy (non-hydrogen) atoms. The zero-order valence-corrected chi connectivity index (χ0v) is 9.92. The molecule has 1 aromatic carbocycles. The molecule has 0 fully saturated rings. The predicted octanol–water partition coefficient (Wildman–Crippen LogP) is 2.62. The second-order valence-corrected chi connectivity index (χ2v) is 4.01. The fourth-order valence-corrected chi connectivity index (χ4v) is 1.59. The van der Waals surface area contributed by atoms with Gasteiger partial charge >= 0.3 is 0 Å². The van der Waals surface area contributed by atoms with Crippen LogP contribution in [0.3, 0.4) is 0 Å². The molecule has 0 saturated heterocycles. The van der Waals surface area contributed by atoms with Crippen LogP contribution in [0.15, 0.2) is 42.7 Å². The van der Waals surface area contributed by atoms with Crippen molar-refractivity contribution < 1.29 is 4.79 Å². The molecular weight excluding hydrogens is 212 g/mol. The van der Waals surface area contributed by atoms with Gasteiger partial charge in [-0.3, -0.25) is 9.48 Å². The smallest absolute Gasteiger partial charge is 0.189 e. The Kier molecular flexibility index (Phi) is 3.19. The summed E-state index contributed by atoms with van der Waals surface area (Å²) >= 11 is 0. The first-order valence-corrected chi connectivity index (χ1v) is 5.43. The number of hydrogen-bond acceptors (Lipinski definition) is 2. The molecule has 0 atom stereocenters. The maximum absolute atomic E-state index is 11.8. The molecule has 2 rings (SSSR count). The van der Waals surface area contributed by atoms with Gasteiger partial charge in [0.2, 0.25) is 0 Å². The minimum Gasteiger partial charge on any atom is -0.289 e. The molecule has 0 aliphatic rings. The average Bonchev–Trinajstić information content (AvgIpc) is 2.73. The van der Waals surface area contributed by atoms with Gasteiger partial charge in [0.25, 0.3) is 0 Å². The summed E-state index contributed by atoms with van der Waals surface area (Å²) in [5, 5.41) is 3.97. The summed E-state index contributed by atoms with van der Waals surface area (Å²) in [5.41, 5.74) is 2.82. The van der Waals surface area contributed by atoms with Gasteiger partial charge in [-0.05, 0) is 18.6 Å². The molecule has 0 amide bonds. The highest BCUT2D eigenvalue weighted by molar-refractivity contribution is 6.06. The van der Waals surface area contributed by atoms with Crippen molar-refractivity contribution in [1.82, 2.24) is 9.78 Å². The van der Waals surface area contributed by atoms with Gasteiger partial charge in [-0.25, -0.2) is 0 Å². The molecule has 3 nitrogen and oxygen atoms in total. The largest absolute Gasteiger partial charge is 0.289 e. The van der Waals surface area contributed by atoms with Crippen LogP contribution in [-0.4, -0.2) is 15.6 Å². The lowest BCUT2D eigenvalue weighted by Crippen LogP contribution is -1.91. The summed E-state index contributed by atoms with van der Waals surface area (Å²) in [6.45, 7) is 2.03. The molecule has 0 spiro atoms. The van der Waals surface area contributed by atoms with E-state index in [-0.39, 0.29) is 5.78 Å². The number of hydrogen-bond donors (Lipinski definition) is 0. The molecule has 0 unspecified atom stereocenters. The summed E-state index contributed by atoms with van der Waals surface area (Å²) in [7, 11) is 1.79. The lowest BCUT2D eigenvalue weighted by Gasteiger charge is -1.94. The van der Waals surface area contributed by atoms with Crippen LogP contribution in [-0.2, 0) is 7.05 Å². The third-order valence-electron chi connectivity index (χ3n) is 2.46. The van der Waals surface area contributed by atoms with Crippen LogP contribution < -0.4 is 0 Å². The van der Waals surface area contributed by atoms with E-state index in [1.807, 2.05) is 37.3 Å². The standard InChI is InChI=1S/C14H14N2O/c1-11-4-3-5-12(8-11)6-7-14(17)13-9-15-16(2)10-13/h3-10H,1-2H3/b7-6-. The summed E-state index contributed by atoms with van der Waals surface area (Å²) in [4.78, 5) is 11.8. The van der Waals surface area contributed by atoms with Gasteiger partial charge in [0.15, 0.2) is 5.78 Å². The number of aryl methyl sites for hydroxylation is 2. The van der Waals surface area contributed by atoms with Gasteiger partial charge in [-0.2, -0.15) is 5.10 Å². The first kappa shape index (κ1) is 11.3. The Hall–Kier alpha value is -2.16. The summed E-state index contributed by atoms with van der Waals surface area (Å²) in [6.07, 6.45) is 6.68. The molecule has 1 aromatic heterocycles. The van der Waals surface area contributed by atoms with Crippen LogP contribution in [0.2, 0.25) is 0 Å². The number of nitrogens with zero attached hydrogens (tertiary/aromatic N) is 2. The number of aromatic nitrogens is 2. The number of carbonyl (C=O) groups is 1. The molecule has 0 N–H and O–H groups in total. The monoisotopic (exact) mass is 226 g/mol. The van der Waals surface area contributed by atoms with Crippen molar-refractivity contribution in [2.24, 2.45) is 7.05 Å². The van der Waals surface area contributed by atoms with Crippen molar-refractivity contribution in [1.29, 1.82) is 0 Å². The molecule has 3 heteroatoms. The van der Waals surface area contributed by atoms with Gasteiger partial charge in [0.1, 0.15) is 0 Å². The maximum Gasteiger partial charge on any atom is 0.189 e. The maximum atomic E-state index is 11.8. The van der Waals surface area contributed by atoms with Gasteiger partial charge < -0.3 is 0 Å². The molecule has 0 aliphatic carbocycles. The molecule has 2 aromatic rings. The summed E-state index contributed by atoms with van der Waals surface area (Å²) in [5.74, 6) is -0.0281. The van der Waals surface area contributed by atoms with Crippen molar-refractivity contribution in [2.45, 2.75) is 6.92 Å². The second kappa shape index (κ2) is 4.78. The fraction of sp³-hybridized carbons (Fsp3) is 0.143. The third-order valence-corrected chi connectivity index (χ3v) is 2.46. The number of rotatable bonds is 3. The Labute approximate surface area is 100 Å². The average molecular weight is 226 g/mol. The first-order valence-electron chi connectivity index (χ1n) is 5.43. The number of carbonyl (C=O) groups excluding carboxylic acids is 1. The van der Waals surface area contributed by atoms with Crippen LogP contribution >= 0.6 is 0 Å². The van der Waals surface area contributed by atoms with Gasteiger partial charge in [-0.15, -0.1) is 0 Å². The Morgan fingerprint density at radius 3 is 2.88 bits per heavy atom. The molecule has 1 heterocycles. The minimum atomic E-state index is -0.0281. The Bertz CT molecular complexity index is 567. The normalized spacial score (nSPS) is 10.9. The van der Waals surface area contributed by atoms with Crippen LogP contribution in [0.5, 0.6) is 0 Å². The number of benzene rings is 1. The highest BCUT2D eigenvalue weighted by Gasteiger charge is 2.03. The Morgan fingerprint density at radius 2 is 2.24 bits per heavy atom. The molecule has 0 aliphatic heterocycles. The molecule has 86 valence electrons. The van der Waals surface area contributed by atoms with Crippen molar-refractivity contribution >= 4 is 11.9 Å². The molecule has 0 saturated carbocycles. The first-order chi connectivity index (χ1) is 8.15. The van der Waals surface area contributed by atoms with E-state index < -0.39 is 0 Å². The van der Waals surface area contributed by atoms with Gasteiger partial charge in [0.05, 0.1) is 11.8 Å². The molecule has 0 bridgehead atoms. The van der Waals surface area contributed by atoms with Gasteiger partial charge in [-0.1, -0.05) is 35.9 Å². The highest BCUT2D eigenvalue weighted by atomic mass is 16.1. The van der Waals surface area contributed by atoms with Crippen LogP contribution in [0.4, 0.5) is 0 Å². The Balaban J connectivity index is 2.13. The van der Waals surface area contributed by atoms with Crippen LogP contribution in [0, 0.1) is 6.92 Å². The van der Waals surface area contributed by atoms with Crippen molar-refractivity contribution in [3.8, 4) is 0 Å². The van der Waals surface area contributed by atoms with E-state index in [1.54, 1.807) is 30.2 Å². The van der Waals surface area contributed by atoms with Crippen LogP contribution in [0.1, 0.15) is 21.5 Å². The second-order valence-electron chi connectivity index (χ2n) is 4.01. The van der Waals surface area contributed by atoms with Crippen molar-refractivity contribution in [3.05, 3.63) is 59.4 Å². The number of ketones is 1. The summed E-state index contributed by atoms with van der Waals surface area (Å²) in [6, 6.07) is 8.01.